The molecule has 0 radical (unpaired) electrons. The zero-order chi connectivity index (χ0) is 16.9. The molecule has 0 saturated carbocycles. The number of pyridine rings is 2. The quantitative estimate of drug-likeness (QED) is 0.776. The molecule has 0 saturated heterocycles. The number of fused-ring (bicyclic) bond motifs is 1. The fraction of sp³-hybridized carbons (Fsp3) is 0.167. The van der Waals surface area contributed by atoms with E-state index in [1.807, 2.05) is 24.3 Å². The Kier molecular flexibility index (Phi) is 4.56. The van der Waals surface area contributed by atoms with Crippen LogP contribution >= 0.6 is 0 Å². The number of methoxy groups -OCH3 is 1. The molecule has 2 heterocycles. The van der Waals surface area contributed by atoms with Gasteiger partial charge in [-0.25, -0.2) is 4.98 Å². The Morgan fingerprint density at radius 2 is 2.00 bits per heavy atom. The maximum absolute atomic E-state index is 12.1. The third-order valence-corrected chi connectivity index (χ3v) is 3.68. The van der Waals surface area contributed by atoms with Crippen molar-refractivity contribution in [1.82, 2.24) is 14.9 Å². The molecule has 3 rings (SSSR count). The molecule has 1 N–H and O–H groups in total. The van der Waals surface area contributed by atoms with Gasteiger partial charge in [0.05, 0.1) is 12.6 Å². The lowest BCUT2D eigenvalue weighted by Gasteiger charge is -2.11. The predicted octanol–water partition coefficient (Wildman–Crippen LogP) is 1.72. The molecule has 0 aliphatic heterocycles. The smallest absolute Gasteiger partial charge is 0.250 e. The minimum absolute atomic E-state index is 0.0141. The highest BCUT2D eigenvalue weighted by Gasteiger charge is 2.08. The number of rotatable bonds is 5. The van der Waals surface area contributed by atoms with E-state index in [1.165, 1.54) is 10.6 Å². The van der Waals surface area contributed by atoms with Crippen LogP contribution < -0.4 is 15.6 Å². The number of carbonyl (C=O) groups is 1. The van der Waals surface area contributed by atoms with Gasteiger partial charge < -0.3 is 14.6 Å². The lowest BCUT2D eigenvalue weighted by Crippen LogP contribution is -2.31. The Labute approximate surface area is 138 Å². The van der Waals surface area contributed by atoms with Crippen LogP contribution in [0.5, 0.6) is 5.88 Å². The molecule has 6 nitrogen and oxygen atoms in total. The summed E-state index contributed by atoms with van der Waals surface area (Å²) in [6.45, 7) is 0.319. The van der Waals surface area contributed by atoms with E-state index >= 15 is 0 Å². The van der Waals surface area contributed by atoms with Crippen molar-refractivity contribution in [2.75, 3.05) is 7.11 Å². The third kappa shape index (κ3) is 3.43. The fourth-order valence-electron chi connectivity index (χ4n) is 2.47. The molecule has 0 fully saturated rings. The largest absolute Gasteiger partial charge is 0.481 e. The molecule has 2 aromatic heterocycles. The molecule has 0 aliphatic rings. The Morgan fingerprint density at radius 1 is 1.21 bits per heavy atom. The zero-order valence-corrected chi connectivity index (χ0v) is 13.2. The fourth-order valence-corrected chi connectivity index (χ4v) is 2.47. The van der Waals surface area contributed by atoms with Crippen molar-refractivity contribution in [2.45, 2.75) is 13.1 Å². The van der Waals surface area contributed by atoms with Crippen molar-refractivity contribution in [1.29, 1.82) is 0 Å². The standard InChI is InChI=1S/C18H17N3O3/c1-24-17-10-13(14-6-2-3-7-15(14)20-17)11-19-16(22)12-21-9-5-4-8-18(21)23/h2-10H,11-12H2,1H3,(H,19,22). The Bertz CT molecular complexity index is 934. The minimum atomic E-state index is -0.233. The second-order valence-electron chi connectivity index (χ2n) is 5.28. The number of amides is 1. The van der Waals surface area contributed by atoms with E-state index in [9.17, 15) is 9.59 Å². The molecule has 1 aromatic carbocycles. The van der Waals surface area contributed by atoms with Gasteiger partial charge in [0.1, 0.15) is 6.54 Å². The topological polar surface area (TPSA) is 73.2 Å². The molecular weight excluding hydrogens is 306 g/mol. The summed E-state index contributed by atoms with van der Waals surface area (Å²) in [7, 11) is 1.56. The molecule has 0 bridgehead atoms. The van der Waals surface area contributed by atoms with E-state index in [-0.39, 0.29) is 18.0 Å². The van der Waals surface area contributed by atoms with Gasteiger partial charge in [-0.15, -0.1) is 0 Å². The maximum Gasteiger partial charge on any atom is 0.250 e. The average molecular weight is 323 g/mol. The molecule has 6 heteroatoms. The maximum atomic E-state index is 12.1. The highest BCUT2D eigenvalue weighted by atomic mass is 16.5. The van der Waals surface area contributed by atoms with Crippen LogP contribution in [0, 0.1) is 0 Å². The van der Waals surface area contributed by atoms with E-state index in [2.05, 4.69) is 10.3 Å². The Morgan fingerprint density at radius 3 is 2.79 bits per heavy atom. The first-order valence-electron chi connectivity index (χ1n) is 7.52. The van der Waals surface area contributed by atoms with Gasteiger partial charge in [0.2, 0.25) is 11.8 Å². The molecular formula is C18H17N3O3. The SMILES string of the molecule is COc1cc(CNC(=O)Cn2ccccc2=O)c2ccccc2n1. The number of nitrogens with zero attached hydrogens (tertiary/aromatic N) is 2. The average Bonchev–Trinajstić information content (AvgIpc) is 2.61. The van der Waals surface area contributed by atoms with Crippen LogP contribution in [0.1, 0.15) is 5.56 Å². The normalized spacial score (nSPS) is 10.5. The van der Waals surface area contributed by atoms with E-state index < -0.39 is 0 Å². The van der Waals surface area contributed by atoms with Gasteiger partial charge in [-0.2, -0.15) is 0 Å². The summed E-state index contributed by atoms with van der Waals surface area (Å²) in [5.74, 6) is 0.264. The summed E-state index contributed by atoms with van der Waals surface area (Å²) in [5, 5.41) is 3.79. The first-order valence-corrected chi connectivity index (χ1v) is 7.52. The van der Waals surface area contributed by atoms with Crippen LogP contribution in [0.15, 0.2) is 59.5 Å². The van der Waals surface area contributed by atoms with Crippen molar-refractivity contribution >= 4 is 16.8 Å². The van der Waals surface area contributed by atoms with Crippen molar-refractivity contribution < 1.29 is 9.53 Å². The first-order chi connectivity index (χ1) is 11.7. The van der Waals surface area contributed by atoms with E-state index in [1.54, 1.807) is 31.5 Å². The summed E-state index contributed by atoms with van der Waals surface area (Å²) in [6.07, 6.45) is 1.59. The van der Waals surface area contributed by atoms with E-state index in [4.69, 9.17) is 4.74 Å². The third-order valence-electron chi connectivity index (χ3n) is 3.68. The minimum Gasteiger partial charge on any atom is -0.481 e. The molecule has 0 unspecified atom stereocenters. The monoisotopic (exact) mass is 323 g/mol. The van der Waals surface area contributed by atoms with Gasteiger partial charge in [0.15, 0.2) is 0 Å². The summed E-state index contributed by atoms with van der Waals surface area (Å²) < 4.78 is 6.57. The number of carbonyl (C=O) groups excluding carboxylic acids is 1. The van der Waals surface area contributed by atoms with Crippen LogP contribution in [0.3, 0.4) is 0 Å². The van der Waals surface area contributed by atoms with Gasteiger partial charge in [0.25, 0.3) is 5.56 Å². The molecule has 0 atom stereocenters. The number of para-hydroxylation sites is 1. The van der Waals surface area contributed by atoms with Gasteiger partial charge >= 0.3 is 0 Å². The Balaban J connectivity index is 1.77. The van der Waals surface area contributed by atoms with Gasteiger partial charge in [-0.1, -0.05) is 24.3 Å². The van der Waals surface area contributed by atoms with Crippen molar-refractivity contribution in [2.24, 2.45) is 0 Å². The van der Waals surface area contributed by atoms with Crippen LogP contribution in [0.25, 0.3) is 10.9 Å². The first kappa shape index (κ1) is 15.7. The van der Waals surface area contributed by atoms with Crippen molar-refractivity contribution in [3.63, 3.8) is 0 Å². The van der Waals surface area contributed by atoms with Gasteiger partial charge in [-0.05, 0) is 17.7 Å². The summed E-state index contributed by atoms with van der Waals surface area (Å²) in [6, 6.07) is 14.3. The van der Waals surface area contributed by atoms with Gasteiger partial charge in [-0.3, -0.25) is 9.59 Å². The molecule has 0 aliphatic carbocycles. The van der Waals surface area contributed by atoms with Crippen LogP contribution in [-0.4, -0.2) is 22.6 Å². The Hall–Kier alpha value is -3.15. The zero-order valence-electron chi connectivity index (χ0n) is 13.2. The summed E-state index contributed by atoms with van der Waals surface area (Å²) in [5.41, 5.74) is 1.51. The molecule has 122 valence electrons. The second-order valence-corrected chi connectivity index (χ2v) is 5.28. The number of aromatic nitrogens is 2. The number of ether oxygens (including phenoxy) is 1. The number of hydrogen-bond donors (Lipinski definition) is 1. The van der Waals surface area contributed by atoms with Crippen LogP contribution in [0.4, 0.5) is 0 Å². The van der Waals surface area contributed by atoms with Crippen LogP contribution in [0.2, 0.25) is 0 Å². The number of hydrogen-bond acceptors (Lipinski definition) is 4. The highest BCUT2D eigenvalue weighted by Crippen LogP contribution is 2.21. The molecule has 3 aromatic rings. The lowest BCUT2D eigenvalue weighted by molar-refractivity contribution is -0.121. The van der Waals surface area contributed by atoms with Crippen LogP contribution in [-0.2, 0) is 17.9 Å². The highest BCUT2D eigenvalue weighted by molar-refractivity contribution is 5.83. The summed E-state index contributed by atoms with van der Waals surface area (Å²) in [4.78, 5) is 28.1. The second kappa shape index (κ2) is 6.95. The predicted molar refractivity (Wildman–Crippen MR) is 90.8 cm³/mol. The van der Waals surface area contributed by atoms with Crippen molar-refractivity contribution in [3.8, 4) is 5.88 Å². The van der Waals surface area contributed by atoms with E-state index in [0.29, 0.717) is 12.4 Å². The number of benzene rings is 1. The molecule has 0 spiro atoms. The van der Waals surface area contributed by atoms with Crippen molar-refractivity contribution in [3.05, 3.63) is 70.6 Å². The lowest BCUT2D eigenvalue weighted by atomic mass is 10.1. The van der Waals surface area contributed by atoms with E-state index in [0.717, 1.165) is 16.5 Å². The number of nitrogens with one attached hydrogen (secondary N) is 1. The van der Waals surface area contributed by atoms with Gasteiger partial charge in [0, 0.05) is 30.3 Å². The molecule has 1 amide bonds. The summed E-state index contributed by atoms with van der Waals surface area (Å²) >= 11 is 0. The molecule has 24 heavy (non-hydrogen) atoms.